The number of hydrogen-bond acceptors (Lipinski definition) is 2. The molecule has 1 N–H and O–H groups in total. The smallest absolute Gasteiger partial charge is 0.0452 e. The lowest BCUT2D eigenvalue weighted by Crippen LogP contribution is -2.37. The molecule has 1 aliphatic heterocycles. The minimum Gasteiger partial charge on any atom is -0.309 e. The summed E-state index contributed by atoms with van der Waals surface area (Å²) in [6.45, 7) is 3.06. The molecule has 0 spiro atoms. The summed E-state index contributed by atoms with van der Waals surface area (Å²) >= 11 is 3.63. The SMILES string of the molecule is CN(Cc1ccccc1Br)CC1NCCc2ccccc21. The number of fused-ring (bicyclic) bond motifs is 1. The summed E-state index contributed by atoms with van der Waals surface area (Å²) < 4.78 is 1.19. The number of rotatable bonds is 4. The zero-order valence-electron chi connectivity index (χ0n) is 12.3. The van der Waals surface area contributed by atoms with Crippen LogP contribution in [0.1, 0.15) is 22.7 Å². The van der Waals surface area contributed by atoms with Gasteiger partial charge in [0.15, 0.2) is 0 Å². The lowest BCUT2D eigenvalue weighted by atomic mass is 9.94. The summed E-state index contributed by atoms with van der Waals surface area (Å²) in [5.41, 5.74) is 4.29. The van der Waals surface area contributed by atoms with Gasteiger partial charge in [0.1, 0.15) is 0 Å². The Morgan fingerprint density at radius 3 is 2.76 bits per heavy atom. The van der Waals surface area contributed by atoms with Crippen LogP contribution >= 0.6 is 15.9 Å². The fourth-order valence-electron chi connectivity index (χ4n) is 3.05. The molecule has 3 rings (SSSR count). The molecule has 3 heteroatoms. The van der Waals surface area contributed by atoms with Crippen LogP contribution in [0.4, 0.5) is 0 Å². The first kappa shape index (κ1) is 14.8. The van der Waals surface area contributed by atoms with Crippen molar-refractivity contribution in [2.75, 3.05) is 20.1 Å². The molecule has 1 atom stereocenters. The van der Waals surface area contributed by atoms with Gasteiger partial charge in [-0.3, -0.25) is 0 Å². The Morgan fingerprint density at radius 1 is 1.14 bits per heavy atom. The predicted octanol–water partition coefficient (Wildman–Crippen LogP) is 3.77. The van der Waals surface area contributed by atoms with Crippen molar-refractivity contribution in [1.82, 2.24) is 10.2 Å². The normalized spacial score (nSPS) is 17.8. The molecule has 0 saturated heterocycles. The van der Waals surface area contributed by atoms with Crippen LogP contribution in [0.5, 0.6) is 0 Å². The quantitative estimate of drug-likeness (QED) is 0.908. The van der Waals surface area contributed by atoms with Crippen molar-refractivity contribution >= 4 is 15.9 Å². The zero-order valence-corrected chi connectivity index (χ0v) is 13.9. The van der Waals surface area contributed by atoms with Crippen molar-refractivity contribution in [1.29, 1.82) is 0 Å². The summed E-state index contributed by atoms with van der Waals surface area (Å²) in [7, 11) is 2.19. The van der Waals surface area contributed by atoms with E-state index >= 15 is 0 Å². The molecule has 0 bridgehead atoms. The Labute approximate surface area is 135 Å². The molecule has 2 aromatic carbocycles. The number of likely N-dealkylation sites (N-methyl/N-ethyl adjacent to an activating group) is 1. The minimum absolute atomic E-state index is 0.433. The van der Waals surface area contributed by atoms with E-state index < -0.39 is 0 Å². The second-order valence-corrected chi connectivity index (χ2v) is 6.60. The van der Waals surface area contributed by atoms with Crippen molar-refractivity contribution in [3.8, 4) is 0 Å². The van der Waals surface area contributed by atoms with Gasteiger partial charge in [-0.05, 0) is 42.8 Å². The maximum atomic E-state index is 3.65. The van der Waals surface area contributed by atoms with E-state index in [1.807, 2.05) is 0 Å². The Hall–Kier alpha value is -1.16. The van der Waals surface area contributed by atoms with Crippen LogP contribution in [0.3, 0.4) is 0 Å². The minimum atomic E-state index is 0.433. The van der Waals surface area contributed by atoms with Gasteiger partial charge in [-0.2, -0.15) is 0 Å². The Bertz CT molecular complexity index is 612. The van der Waals surface area contributed by atoms with Crippen molar-refractivity contribution in [3.63, 3.8) is 0 Å². The molecule has 1 heterocycles. The summed E-state index contributed by atoms with van der Waals surface area (Å²) in [5.74, 6) is 0. The lowest BCUT2D eigenvalue weighted by molar-refractivity contribution is 0.278. The van der Waals surface area contributed by atoms with Gasteiger partial charge in [-0.25, -0.2) is 0 Å². The van der Waals surface area contributed by atoms with Crippen LogP contribution in [0.2, 0.25) is 0 Å². The molecule has 0 aliphatic carbocycles. The van der Waals surface area contributed by atoms with Crippen molar-refractivity contribution in [2.24, 2.45) is 0 Å². The van der Waals surface area contributed by atoms with Crippen LogP contribution in [-0.4, -0.2) is 25.0 Å². The van der Waals surface area contributed by atoms with Gasteiger partial charge in [0, 0.05) is 23.6 Å². The van der Waals surface area contributed by atoms with E-state index in [9.17, 15) is 0 Å². The predicted molar refractivity (Wildman–Crippen MR) is 91.4 cm³/mol. The summed E-state index contributed by atoms with van der Waals surface area (Å²) in [4.78, 5) is 2.39. The van der Waals surface area contributed by atoms with Crippen molar-refractivity contribution in [3.05, 3.63) is 69.7 Å². The molecule has 1 aliphatic rings. The fraction of sp³-hybridized carbons (Fsp3) is 0.333. The summed E-state index contributed by atoms with van der Waals surface area (Å²) in [5, 5.41) is 3.65. The maximum absolute atomic E-state index is 3.65. The Kier molecular flexibility index (Phi) is 4.73. The van der Waals surface area contributed by atoms with E-state index in [1.165, 1.54) is 21.2 Å². The second-order valence-electron chi connectivity index (χ2n) is 5.74. The number of nitrogens with zero attached hydrogens (tertiary/aromatic N) is 1. The topological polar surface area (TPSA) is 15.3 Å². The van der Waals surface area contributed by atoms with Gasteiger partial charge in [0.25, 0.3) is 0 Å². The third-order valence-corrected chi connectivity index (χ3v) is 4.88. The highest BCUT2D eigenvalue weighted by atomic mass is 79.9. The van der Waals surface area contributed by atoms with Crippen LogP contribution in [0, 0.1) is 0 Å². The molecule has 2 aromatic rings. The van der Waals surface area contributed by atoms with E-state index in [0.717, 1.165) is 26.1 Å². The number of halogens is 1. The average molecular weight is 345 g/mol. The molecule has 110 valence electrons. The van der Waals surface area contributed by atoms with Gasteiger partial charge in [0.05, 0.1) is 0 Å². The standard InChI is InChI=1S/C18H21BrN2/c1-21(12-15-7-3-5-9-17(15)19)13-18-16-8-4-2-6-14(16)10-11-20-18/h2-9,18,20H,10-13H2,1H3. The van der Waals surface area contributed by atoms with Gasteiger partial charge in [0.2, 0.25) is 0 Å². The third-order valence-electron chi connectivity index (χ3n) is 4.11. The number of benzene rings is 2. The van der Waals surface area contributed by atoms with Gasteiger partial charge in [-0.15, -0.1) is 0 Å². The highest BCUT2D eigenvalue weighted by molar-refractivity contribution is 9.10. The molecule has 2 nitrogen and oxygen atoms in total. The number of nitrogens with one attached hydrogen (secondary N) is 1. The molecular weight excluding hydrogens is 324 g/mol. The Balaban J connectivity index is 1.69. The first-order valence-corrected chi connectivity index (χ1v) is 8.26. The van der Waals surface area contributed by atoms with E-state index in [-0.39, 0.29) is 0 Å². The molecule has 0 saturated carbocycles. The first-order valence-electron chi connectivity index (χ1n) is 7.47. The van der Waals surface area contributed by atoms with Crippen LogP contribution < -0.4 is 5.32 Å². The van der Waals surface area contributed by atoms with E-state index in [0.29, 0.717) is 6.04 Å². The average Bonchev–Trinajstić information content (AvgIpc) is 2.50. The molecular formula is C18H21BrN2. The fourth-order valence-corrected chi connectivity index (χ4v) is 3.46. The summed E-state index contributed by atoms with van der Waals surface area (Å²) in [6, 6.07) is 17.7. The largest absolute Gasteiger partial charge is 0.309 e. The van der Waals surface area contributed by atoms with Gasteiger partial charge in [-0.1, -0.05) is 58.4 Å². The molecule has 1 unspecified atom stereocenters. The lowest BCUT2D eigenvalue weighted by Gasteiger charge is -2.30. The zero-order chi connectivity index (χ0) is 14.7. The molecule has 0 amide bonds. The molecule has 0 aromatic heterocycles. The molecule has 0 radical (unpaired) electrons. The summed E-state index contributed by atoms with van der Waals surface area (Å²) in [6.07, 6.45) is 1.14. The Morgan fingerprint density at radius 2 is 1.90 bits per heavy atom. The third kappa shape index (κ3) is 3.54. The highest BCUT2D eigenvalue weighted by Crippen LogP contribution is 2.24. The molecule has 21 heavy (non-hydrogen) atoms. The van der Waals surface area contributed by atoms with E-state index in [2.05, 4.69) is 81.7 Å². The van der Waals surface area contributed by atoms with Crippen LogP contribution in [0.15, 0.2) is 53.0 Å². The van der Waals surface area contributed by atoms with E-state index in [1.54, 1.807) is 0 Å². The van der Waals surface area contributed by atoms with Gasteiger partial charge < -0.3 is 10.2 Å². The first-order chi connectivity index (χ1) is 10.2. The number of hydrogen-bond donors (Lipinski definition) is 1. The van der Waals surface area contributed by atoms with Gasteiger partial charge >= 0.3 is 0 Å². The monoisotopic (exact) mass is 344 g/mol. The second kappa shape index (κ2) is 6.73. The highest BCUT2D eigenvalue weighted by Gasteiger charge is 2.20. The van der Waals surface area contributed by atoms with Crippen LogP contribution in [-0.2, 0) is 13.0 Å². The van der Waals surface area contributed by atoms with Crippen molar-refractivity contribution in [2.45, 2.75) is 19.0 Å². The molecule has 0 fully saturated rings. The van der Waals surface area contributed by atoms with Crippen molar-refractivity contribution < 1.29 is 0 Å². The maximum Gasteiger partial charge on any atom is 0.0452 e. The van der Waals surface area contributed by atoms with Crippen LogP contribution in [0.25, 0.3) is 0 Å². The van der Waals surface area contributed by atoms with E-state index in [4.69, 9.17) is 0 Å².